The Hall–Kier alpha value is -0.410. The molecule has 1 rings (SSSR count). The molecule has 1 saturated heterocycles. The highest BCUT2D eigenvalue weighted by molar-refractivity contribution is 5.84. The average Bonchev–Trinajstić information content (AvgIpc) is 2.65. The number of ether oxygens (including phenoxy) is 1. The fourth-order valence-corrected chi connectivity index (χ4v) is 1.76. The molecule has 1 aliphatic heterocycles. The Morgan fingerprint density at radius 2 is 2.36 bits per heavy atom. The first-order valence-corrected chi connectivity index (χ1v) is 5.46. The van der Waals surface area contributed by atoms with Gasteiger partial charge >= 0.3 is 0 Å². The van der Waals surface area contributed by atoms with Gasteiger partial charge in [-0.15, -0.1) is 0 Å². The maximum atomic E-state index is 11.8. The lowest BCUT2D eigenvalue weighted by Gasteiger charge is -2.12. The van der Waals surface area contributed by atoms with Crippen molar-refractivity contribution in [3.8, 4) is 0 Å². The molecule has 3 unspecified atom stereocenters. The van der Waals surface area contributed by atoms with Crippen molar-refractivity contribution in [1.82, 2.24) is 5.32 Å². The third-order valence-electron chi connectivity index (χ3n) is 3.06. The molecule has 0 bridgehead atoms. The van der Waals surface area contributed by atoms with Crippen molar-refractivity contribution in [2.75, 3.05) is 13.7 Å². The van der Waals surface area contributed by atoms with E-state index in [0.29, 0.717) is 18.1 Å². The van der Waals surface area contributed by atoms with E-state index >= 15 is 0 Å². The van der Waals surface area contributed by atoms with Crippen LogP contribution in [0.15, 0.2) is 0 Å². The minimum absolute atomic E-state index is 0.0361. The number of Topliss-reactive ketones (excluding diaryl/α,β-unsaturated/α-hetero) is 1. The summed E-state index contributed by atoms with van der Waals surface area (Å²) in [4.78, 5) is 11.8. The van der Waals surface area contributed by atoms with Gasteiger partial charge in [0, 0.05) is 20.1 Å². The monoisotopic (exact) mass is 199 g/mol. The second-order valence-electron chi connectivity index (χ2n) is 4.24. The Balaban J connectivity index is 2.32. The predicted molar refractivity (Wildman–Crippen MR) is 56.3 cm³/mol. The summed E-state index contributed by atoms with van der Waals surface area (Å²) in [6.45, 7) is 5.06. The molecule has 0 radical (unpaired) electrons. The van der Waals surface area contributed by atoms with Gasteiger partial charge in [0.15, 0.2) is 0 Å². The van der Waals surface area contributed by atoms with Gasteiger partial charge in [-0.05, 0) is 12.3 Å². The van der Waals surface area contributed by atoms with E-state index in [0.717, 1.165) is 19.4 Å². The van der Waals surface area contributed by atoms with Gasteiger partial charge in [0.1, 0.15) is 5.78 Å². The molecule has 0 aliphatic carbocycles. The van der Waals surface area contributed by atoms with Crippen LogP contribution in [0.25, 0.3) is 0 Å². The summed E-state index contributed by atoms with van der Waals surface area (Å²) in [6, 6.07) is 0.0361. The van der Waals surface area contributed by atoms with E-state index in [-0.39, 0.29) is 12.1 Å². The highest BCUT2D eigenvalue weighted by atomic mass is 16.5. The van der Waals surface area contributed by atoms with Crippen molar-refractivity contribution < 1.29 is 9.53 Å². The van der Waals surface area contributed by atoms with Crippen LogP contribution in [-0.4, -0.2) is 31.6 Å². The van der Waals surface area contributed by atoms with Crippen LogP contribution in [0.4, 0.5) is 0 Å². The van der Waals surface area contributed by atoms with Crippen LogP contribution in [0.1, 0.15) is 33.1 Å². The number of ketones is 1. The lowest BCUT2D eigenvalue weighted by atomic mass is 9.97. The fraction of sp³-hybridized carbons (Fsp3) is 0.909. The van der Waals surface area contributed by atoms with Gasteiger partial charge in [0.25, 0.3) is 0 Å². The Labute approximate surface area is 86.2 Å². The first kappa shape index (κ1) is 11.7. The number of hydrogen-bond acceptors (Lipinski definition) is 3. The summed E-state index contributed by atoms with van der Waals surface area (Å²) in [5.74, 6) is 0.852. The molecule has 3 nitrogen and oxygen atoms in total. The lowest BCUT2D eigenvalue weighted by Crippen LogP contribution is -2.31. The molecule has 1 heterocycles. The molecule has 0 aromatic heterocycles. The summed E-state index contributed by atoms with van der Waals surface area (Å²) in [7, 11) is 1.70. The van der Waals surface area contributed by atoms with Gasteiger partial charge in [0.05, 0.1) is 12.1 Å². The topological polar surface area (TPSA) is 38.3 Å². The molecule has 1 N–H and O–H groups in total. The summed E-state index contributed by atoms with van der Waals surface area (Å²) in [6.07, 6.45) is 2.84. The predicted octanol–water partition coefficient (Wildman–Crippen LogP) is 1.37. The zero-order valence-corrected chi connectivity index (χ0v) is 9.38. The first-order chi connectivity index (χ1) is 6.67. The van der Waals surface area contributed by atoms with E-state index < -0.39 is 0 Å². The van der Waals surface area contributed by atoms with E-state index in [9.17, 15) is 4.79 Å². The van der Waals surface area contributed by atoms with E-state index in [1.807, 2.05) is 0 Å². The second kappa shape index (κ2) is 5.47. The number of carbonyl (C=O) groups is 1. The Morgan fingerprint density at radius 1 is 1.64 bits per heavy atom. The summed E-state index contributed by atoms with van der Waals surface area (Å²) in [5, 5.41) is 3.21. The average molecular weight is 199 g/mol. The van der Waals surface area contributed by atoms with Crippen molar-refractivity contribution in [1.29, 1.82) is 0 Å². The maximum absolute atomic E-state index is 11.8. The van der Waals surface area contributed by atoms with Crippen molar-refractivity contribution in [3.63, 3.8) is 0 Å². The molecule has 14 heavy (non-hydrogen) atoms. The quantitative estimate of drug-likeness (QED) is 0.726. The van der Waals surface area contributed by atoms with E-state index in [4.69, 9.17) is 4.74 Å². The standard InChI is InChI=1S/C11H21NO2/c1-4-8(2)5-11(13)10-6-9(14-3)7-12-10/h8-10,12H,4-7H2,1-3H3. The molecule has 1 fully saturated rings. The highest BCUT2D eigenvalue weighted by Gasteiger charge is 2.29. The summed E-state index contributed by atoms with van der Waals surface area (Å²) < 4.78 is 5.21. The van der Waals surface area contributed by atoms with Crippen LogP contribution in [-0.2, 0) is 9.53 Å². The molecular formula is C11H21NO2. The number of carbonyl (C=O) groups excluding carboxylic acids is 1. The first-order valence-electron chi connectivity index (χ1n) is 5.46. The van der Waals surface area contributed by atoms with Gasteiger partial charge in [-0.2, -0.15) is 0 Å². The van der Waals surface area contributed by atoms with Crippen molar-refractivity contribution in [3.05, 3.63) is 0 Å². The van der Waals surface area contributed by atoms with Crippen LogP contribution < -0.4 is 5.32 Å². The minimum Gasteiger partial charge on any atom is -0.380 e. The maximum Gasteiger partial charge on any atom is 0.150 e. The van der Waals surface area contributed by atoms with Gasteiger partial charge in [0.2, 0.25) is 0 Å². The fourth-order valence-electron chi connectivity index (χ4n) is 1.76. The van der Waals surface area contributed by atoms with Crippen LogP contribution in [0.3, 0.4) is 0 Å². The zero-order valence-electron chi connectivity index (χ0n) is 9.38. The van der Waals surface area contributed by atoms with Crippen molar-refractivity contribution >= 4 is 5.78 Å². The van der Waals surface area contributed by atoms with Gasteiger partial charge in [-0.1, -0.05) is 20.3 Å². The molecule has 0 spiro atoms. The van der Waals surface area contributed by atoms with Crippen LogP contribution in [0.5, 0.6) is 0 Å². The van der Waals surface area contributed by atoms with E-state index in [1.165, 1.54) is 0 Å². The highest BCUT2D eigenvalue weighted by Crippen LogP contribution is 2.15. The molecule has 0 aromatic rings. The minimum atomic E-state index is 0.0361. The third-order valence-corrected chi connectivity index (χ3v) is 3.06. The Bertz CT molecular complexity index is 194. The van der Waals surface area contributed by atoms with Crippen LogP contribution >= 0.6 is 0 Å². The molecule has 1 aliphatic rings. The molecule has 82 valence electrons. The number of rotatable bonds is 5. The summed E-state index contributed by atoms with van der Waals surface area (Å²) in [5.41, 5.74) is 0. The molecule has 0 aromatic carbocycles. The SMILES string of the molecule is CCC(C)CC(=O)C1CC(OC)CN1. The molecule has 0 amide bonds. The van der Waals surface area contributed by atoms with E-state index in [2.05, 4.69) is 19.2 Å². The third kappa shape index (κ3) is 3.07. The molecule has 0 saturated carbocycles. The van der Waals surface area contributed by atoms with E-state index in [1.54, 1.807) is 7.11 Å². The molecule has 3 heteroatoms. The number of hydrogen-bond donors (Lipinski definition) is 1. The Morgan fingerprint density at radius 3 is 2.86 bits per heavy atom. The summed E-state index contributed by atoms with van der Waals surface area (Å²) >= 11 is 0. The zero-order chi connectivity index (χ0) is 10.6. The van der Waals surface area contributed by atoms with Crippen LogP contribution in [0.2, 0.25) is 0 Å². The van der Waals surface area contributed by atoms with Gasteiger partial charge in [-0.25, -0.2) is 0 Å². The lowest BCUT2D eigenvalue weighted by molar-refractivity contribution is -0.121. The normalized spacial score (nSPS) is 29.1. The van der Waals surface area contributed by atoms with Gasteiger partial charge < -0.3 is 10.1 Å². The smallest absolute Gasteiger partial charge is 0.150 e. The molecule has 3 atom stereocenters. The van der Waals surface area contributed by atoms with Crippen LogP contribution in [0, 0.1) is 5.92 Å². The second-order valence-corrected chi connectivity index (χ2v) is 4.24. The Kier molecular flexibility index (Phi) is 4.55. The largest absolute Gasteiger partial charge is 0.380 e. The van der Waals surface area contributed by atoms with Gasteiger partial charge in [-0.3, -0.25) is 4.79 Å². The van der Waals surface area contributed by atoms with Crippen molar-refractivity contribution in [2.45, 2.75) is 45.3 Å². The number of nitrogens with one attached hydrogen (secondary N) is 1. The number of methoxy groups -OCH3 is 1. The molecular weight excluding hydrogens is 178 g/mol. The van der Waals surface area contributed by atoms with Crippen molar-refractivity contribution in [2.24, 2.45) is 5.92 Å².